The van der Waals surface area contributed by atoms with E-state index in [-0.39, 0.29) is 5.91 Å². The second-order valence-corrected chi connectivity index (χ2v) is 4.07. The third-order valence-corrected chi connectivity index (χ3v) is 2.43. The number of nitrogens with zero attached hydrogens (tertiary/aromatic N) is 1. The molecule has 102 valence electrons. The van der Waals surface area contributed by atoms with E-state index in [0.29, 0.717) is 33.1 Å². The Morgan fingerprint density at radius 1 is 0.941 bits per heavy atom. The lowest BCUT2D eigenvalue weighted by molar-refractivity contribution is -0.144. The Morgan fingerprint density at radius 3 is 1.76 bits per heavy atom. The minimum absolute atomic E-state index is 0.0815. The number of hydrogen-bond donors (Lipinski definition) is 0. The summed E-state index contributed by atoms with van der Waals surface area (Å²) in [5, 5.41) is 0. The summed E-state index contributed by atoms with van der Waals surface area (Å²) in [6.07, 6.45) is 4.77. The van der Waals surface area contributed by atoms with Crippen LogP contribution in [0.2, 0.25) is 0 Å². The second kappa shape index (κ2) is 11.9. The van der Waals surface area contributed by atoms with E-state index in [4.69, 9.17) is 9.47 Å². The lowest BCUT2D eigenvalue weighted by Crippen LogP contribution is -2.35. The largest absolute Gasteiger partial charge is 0.361 e. The van der Waals surface area contributed by atoms with E-state index in [2.05, 4.69) is 13.8 Å². The van der Waals surface area contributed by atoms with E-state index in [0.717, 1.165) is 25.7 Å². The van der Waals surface area contributed by atoms with Gasteiger partial charge in [-0.25, -0.2) is 0 Å². The van der Waals surface area contributed by atoms with Crippen molar-refractivity contribution < 1.29 is 14.3 Å². The van der Waals surface area contributed by atoms with Crippen LogP contribution in [0.4, 0.5) is 0 Å². The van der Waals surface area contributed by atoms with Crippen LogP contribution in [0.1, 0.15) is 52.9 Å². The van der Waals surface area contributed by atoms with E-state index in [1.807, 2.05) is 6.92 Å². The molecule has 0 saturated carbocycles. The summed E-state index contributed by atoms with van der Waals surface area (Å²) in [6, 6.07) is 0. The van der Waals surface area contributed by atoms with Crippen LogP contribution in [-0.4, -0.2) is 37.5 Å². The molecule has 0 aromatic carbocycles. The zero-order valence-electron chi connectivity index (χ0n) is 11.5. The molecular weight excluding hydrogens is 218 g/mol. The Kier molecular flexibility index (Phi) is 11.4. The maximum Gasteiger partial charge on any atom is 0.225 e. The van der Waals surface area contributed by atoms with Crippen LogP contribution in [0.25, 0.3) is 0 Å². The summed E-state index contributed by atoms with van der Waals surface area (Å²) in [5.41, 5.74) is 0. The predicted octanol–water partition coefficient (Wildman–Crippen LogP) is 2.77. The smallest absolute Gasteiger partial charge is 0.225 e. The zero-order chi connectivity index (χ0) is 12.9. The molecule has 0 fully saturated rings. The van der Waals surface area contributed by atoms with Crippen LogP contribution in [-0.2, 0) is 14.3 Å². The number of hydrogen-bond acceptors (Lipinski definition) is 3. The predicted molar refractivity (Wildman–Crippen MR) is 68.6 cm³/mol. The zero-order valence-corrected chi connectivity index (χ0v) is 11.5. The molecule has 0 spiro atoms. The Hall–Kier alpha value is -0.610. The minimum atomic E-state index is 0.0815. The minimum Gasteiger partial charge on any atom is -0.361 e. The first-order valence-corrected chi connectivity index (χ1v) is 6.69. The Balaban J connectivity index is 3.76. The molecule has 17 heavy (non-hydrogen) atoms. The summed E-state index contributed by atoms with van der Waals surface area (Å²) in [5.74, 6) is 0.0815. The maximum absolute atomic E-state index is 11.6. The van der Waals surface area contributed by atoms with Gasteiger partial charge in [0.2, 0.25) is 5.91 Å². The Labute approximate surface area is 105 Å². The van der Waals surface area contributed by atoms with Gasteiger partial charge in [0.05, 0.1) is 0 Å². The summed E-state index contributed by atoms with van der Waals surface area (Å²) < 4.78 is 10.9. The average Bonchev–Trinajstić information content (AvgIpc) is 2.36. The third kappa shape index (κ3) is 9.12. The van der Waals surface area contributed by atoms with Gasteiger partial charge in [-0.3, -0.25) is 9.69 Å². The van der Waals surface area contributed by atoms with Crippen molar-refractivity contribution in [1.29, 1.82) is 0 Å². The van der Waals surface area contributed by atoms with E-state index in [9.17, 15) is 4.79 Å². The molecule has 0 aliphatic carbocycles. The van der Waals surface area contributed by atoms with Crippen LogP contribution in [0.15, 0.2) is 0 Å². The molecule has 0 atom stereocenters. The van der Waals surface area contributed by atoms with E-state index < -0.39 is 0 Å². The van der Waals surface area contributed by atoms with Crippen molar-refractivity contribution in [2.45, 2.75) is 52.9 Å². The van der Waals surface area contributed by atoms with Crippen LogP contribution in [0.5, 0.6) is 0 Å². The van der Waals surface area contributed by atoms with E-state index >= 15 is 0 Å². The molecule has 0 aromatic heterocycles. The monoisotopic (exact) mass is 245 g/mol. The maximum atomic E-state index is 11.6. The van der Waals surface area contributed by atoms with Gasteiger partial charge in [0, 0.05) is 19.6 Å². The summed E-state index contributed by atoms with van der Waals surface area (Å²) in [4.78, 5) is 13.2. The molecule has 4 nitrogen and oxygen atoms in total. The lowest BCUT2D eigenvalue weighted by atomic mass is 10.4. The Morgan fingerprint density at radius 2 is 1.41 bits per heavy atom. The number of rotatable bonds is 11. The van der Waals surface area contributed by atoms with Gasteiger partial charge in [0.15, 0.2) is 0 Å². The molecule has 0 N–H and O–H groups in total. The number of amides is 1. The number of carbonyl (C=O) groups is 1. The van der Waals surface area contributed by atoms with Gasteiger partial charge in [0.25, 0.3) is 0 Å². The molecule has 0 aromatic rings. The molecule has 0 aliphatic rings. The van der Waals surface area contributed by atoms with Gasteiger partial charge < -0.3 is 9.47 Å². The molecular formula is C13H27NO3. The van der Waals surface area contributed by atoms with Gasteiger partial charge in [-0.05, 0) is 12.8 Å². The summed E-state index contributed by atoms with van der Waals surface area (Å²) in [6.45, 7) is 8.20. The van der Waals surface area contributed by atoms with Crippen LogP contribution in [0.3, 0.4) is 0 Å². The van der Waals surface area contributed by atoms with Gasteiger partial charge in [-0.2, -0.15) is 0 Å². The first kappa shape index (κ1) is 16.4. The van der Waals surface area contributed by atoms with Gasteiger partial charge in [-0.15, -0.1) is 0 Å². The molecule has 4 heteroatoms. The number of ether oxygens (including phenoxy) is 2. The van der Waals surface area contributed by atoms with Crippen LogP contribution < -0.4 is 0 Å². The fourth-order valence-electron chi connectivity index (χ4n) is 1.25. The first-order chi connectivity index (χ1) is 8.26. The standard InChI is InChI=1S/C13H27NO3/c1-4-7-9-16-11-14(13(15)6-3)12-17-10-8-5-2/h4-12H2,1-3H3. The summed E-state index contributed by atoms with van der Waals surface area (Å²) in [7, 11) is 0. The van der Waals surface area contributed by atoms with Gasteiger partial charge in [0.1, 0.15) is 13.5 Å². The first-order valence-electron chi connectivity index (χ1n) is 6.69. The highest BCUT2D eigenvalue weighted by Crippen LogP contribution is 1.98. The van der Waals surface area contributed by atoms with Crippen molar-refractivity contribution in [3.8, 4) is 0 Å². The molecule has 0 unspecified atom stereocenters. The third-order valence-electron chi connectivity index (χ3n) is 2.43. The highest BCUT2D eigenvalue weighted by Gasteiger charge is 2.10. The molecule has 0 saturated heterocycles. The SMILES string of the molecule is CCCCOCN(COCCCC)C(=O)CC. The van der Waals surface area contributed by atoms with E-state index in [1.54, 1.807) is 4.90 Å². The number of carbonyl (C=O) groups excluding carboxylic acids is 1. The fourth-order valence-corrected chi connectivity index (χ4v) is 1.25. The topological polar surface area (TPSA) is 38.8 Å². The van der Waals surface area contributed by atoms with Crippen molar-refractivity contribution in [3.63, 3.8) is 0 Å². The van der Waals surface area contributed by atoms with E-state index in [1.165, 1.54) is 0 Å². The Bertz CT molecular complexity index is 174. The van der Waals surface area contributed by atoms with Gasteiger partial charge >= 0.3 is 0 Å². The second-order valence-electron chi connectivity index (χ2n) is 4.07. The molecule has 0 aliphatic heterocycles. The van der Waals surface area contributed by atoms with Crippen molar-refractivity contribution in [3.05, 3.63) is 0 Å². The van der Waals surface area contributed by atoms with Crippen LogP contribution >= 0.6 is 0 Å². The van der Waals surface area contributed by atoms with Crippen molar-refractivity contribution in [1.82, 2.24) is 4.90 Å². The number of unbranched alkanes of at least 4 members (excludes halogenated alkanes) is 2. The average molecular weight is 245 g/mol. The van der Waals surface area contributed by atoms with Crippen molar-refractivity contribution in [2.24, 2.45) is 0 Å². The fraction of sp³-hybridized carbons (Fsp3) is 0.923. The molecule has 0 heterocycles. The van der Waals surface area contributed by atoms with Crippen molar-refractivity contribution in [2.75, 3.05) is 26.7 Å². The van der Waals surface area contributed by atoms with Gasteiger partial charge in [-0.1, -0.05) is 33.6 Å². The summed E-state index contributed by atoms with van der Waals surface area (Å²) >= 11 is 0. The van der Waals surface area contributed by atoms with Crippen molar-refractivity contribution >= 4 is 5.91 Å². The normalized spacial score (nSPS) is 10.5. The highest BCUT2D eigenvalue weighted by molar-refractivity contribution is 5.75. The quantitative estimate of drug-likeness (QED) is 0.415. The lowest BCUT2D eigenvalue weighted by Gasteiger charge is -2.21. The van der Waals surface area contributed by atoms with Crippen LogP contribution in [0, 0.1) is 0 Å². The molecule has 0 rings (SSSR count). The molecule has 0 bridgehead atoms. The molecule has 0 radical (unpaired) electrons. The molecule has 1 amide bonds. The highest BCUT2D eigenvalue weighted by atomic mass is 16.5.